The van der Waals surface area contributed by atoms with Gasteiger partial charge >= 0.3 is 0 Å². The molecule has 1 aromatic carbocycles. The zero-order valence-corrected chi connectivity index (χ0v) is 18.4. The van der Waals surface area contributed by atoms with Gasteiger partial charge in [0.2, 0.25) is 0 Å². The topological polar surface area (TPSA) is 25.8 Å². The zero-order chi connectivity index (χ0) is 18.9. The van der Waals surface area contributed by atoms with E-state index in [2.05, 4.69) is 86.5 Å². The molecule has 0 unspecified atom stereocenters. The van der Waals surface area contributed by atoms with Gasteiger partial charge in [-0.2, -0.15) is 0 Å². The Bertz CT molecular complexity index is 1020. The van der Waals surface area contributed by atoms with Gasteiger partial charge in [0, 0.05) is 10.8 Å². The Morgan fingerprint density at radius 1 is 0.577 bits per heavy atom. The molecule has 3 rings (SSSR count). The fourth-order valence-electron chi connectivity index (χ4n) is 2.41. The largest absolute Gasteiger partial charge is 0.237 e. The fourth-order valence-corrected chi connectivity index (χ4v) is 3.42. The van der Waals surface area contributed by atoms with Gasteiger partial charge in [-0.15, -0.1) is 11.1 Å². The molecule has 2 heterocycles. The third-order valence-electron chi connectivity index (χ3n) is 3.65. The molecule has 26 heavy (non-hydrogen) atoms. The van der Waals surface area contributed by atoms with Gasteiger partial charge < -0.3 is 0 Å². The van der Waals surface area contributed by atoms with Crippen LogP contribution in [0.1, 0.15) is 11.4 Å². The van der Waals surface area contributed by atoms with E-state index >= 15 is 0 Å². The van der Waals surface area contributed by atoms with Crippen LogP contribution in [0.5, 0.6) is 0 Å². The number of hydrogen-bond donors (Lipinski definition) is 0. The molecule has 0 atom stereocenters. The second-order valence-corrected chi connectivity index (χ2v) is 18.1. The lowest BCUT2D eigenvalue weighted by atomic mass is 10.1. The van der Waals surface area contributed by atoms with E-state index in [9.17, 15) is 0 Å². The summed E-state index contributed by atoms with van der Waals surface area (Å²) in [6.07, 6.45) is 0. The average molecular weight is 373 g/mol. The van der Waals surface area contributed by atoms with Crippen LogP contribution < -0.4 is 0 Å². The summed E-state index contributed by atoms with van der Waals surface area (Å²) in [4.78, 5) is 9.61. The molecular weight excluding hydrogens is 348 g/mol. The Morgan fingerprint density at radius 2 is 0.923 bits per heavy atom. The minimum atomic E-state index is -1.43. The second-order valence-electron chi connectivity index (χ2n) is 8.60. The zero-order valence-electron chi connectivity index (χ0n) is 16.4. The molecule has 4 heteroatoms. The Kier molecular flexibility index (Phi) is 4.75. The Morgan fingerprint density at radius 3 is 1.27 bits per heavy atom. The van der Waals surface area contributed by atoms with Gasteiger partial charge in [0.25, 0.3) is 0 Å². The summed E-state index contributed by atoms with van der Waals surface area (Å²) in [6.45, 7) is 13.4. The highest BCUT2D eigenvalue weighted by atomic mass is 28.3. The van der Waals surface area contributed by atoms with Gasteiger partial charge in [-0.25, -0.2) is 9.97 Å². The third-order valence-corrected chi connectivity index (χ3v) is 5.40. The van der Waals surface area contributed by atoms with Crippen molar-refractivity contribution in [1.29, 1.82) is 0 Å². The van der Waals surface area contributed by atoms with Crippen LogP contribution in [0.2, 0.25) is 39.3 Å². The quantitative estimate of drug-likeness (QED) is 0.306. The van der Waals surface area contributed by atoms with Crippen LogP contribution in [0, 0.1) is 22.9 Å². The van der Waals surface area contributed by atoms with E-state index < -0.39 is 16.1 Å². The van der Waals surface area contributed by atoms with Crippen LogP contribution in [-0.4, -0.2) is 26.1 Å². The van der Waals surface area contributed by atoms with Crippen molar-refractivity contribution < 1.29 is 0 Å². The number of nitrogens with zero attached hydrogens (tertiary/aromatic N) is 2. The molecule has 0 fully saturated rings. The van der Waals surface area contributed by atoms with E-state index in [0.29, 0.717) is 0 Å². The van der Waals surface area contributed by atoms with Crippen molar-refractivity contribution in [3.63, 3.8) is 0 Å². The molecule has 0 aliphatic rings. The van der Waals surface area contributed by atoms with Crippen molar-refractivity contribution in [2.45, 2.75) is 39.3 Å². The minimum absolute atomic E-state index is 0.813. The van der Waals surface area contributed by atoms with Gasteiger partial charge in [-0.3, -0.25) is 0 Å². The van der Waals surface area contributed by atoms with Crippen molar-refractivity contribution in [2.24, 2.45) is 0 Å². The first-order chi connectivity index (χ1) is 12.1. The molecule has 0 N–H and O–H groups in total. The summed E-state index contributed by atoms with van der Waals surface area (Å²) in [5, 5.41) is 2.16. The van der Waals surface area contributed by atoms with Crippen LogP contribution in [0.25, 0.3) is 21.8 Å². The maximum Gasteiger partial charge on any atom is 0.129 e. The summed E-state index contributed by atoms with van der Waals surface area (Å²) >= 11 is 0. The molecule has 0 spiro atoms. The average Bonchev–Trinajstić information content (AvgIpc) is 2.56. The predicted molar refractivity (Wildman–Crippen MR) is 117 cm³/mol. The smallest absolute Gasteiger partial charge is 0.129 e. The van der Waals surface area contributed by atoms with E-state index in [1.807, 2.05) is 12.1 Å². The van der Waals surface area contributed by atoms with Gasteiger partial charge in [0.15, 0.2) is 0 Å². The van der Waals surface area contributed by atoms with Crippen LogP contribution in [0.15, 0.2) is 36.4 Å². The van der Waals surface area contributed by atoms with E-state index in [0.717, 1.165) is 33.2 Å². The maximum atomic E-state index is 4.80. The van der Waals surface area contributed by atoms with Crippen molar-refractivity contribution in [3.8, 4) is 22.9 Å². The summed E-state index contributed by atoms with van der Waals surface area (Å²) < 4.78 is 0. The number of rotatable bonds is 0. The fraction of sp³-hybridized carbons (Fsp3) is 0.273. The number of hydrogen-bond acceptors (Lipinski definition) is 2. The summed E-state index contributed by atoms with van der Waals surface area (Å²) in [5.74, 6) is 6.50. The van der Waals surface area contributed by atoms with E-state index in [4.69, 9.17) is 9.97 Å². The number of benzene rings is 1. The maximum absolute atomic E-state index is 4.80. The van der Waals surface area contributed by atoms with E-state index in [1.54, 1.807) is 0 Å². The highest BCUT2D eigenvalue weighted by Crippen LogP contribution is 2.23. The van der Waals surface area contributed by atoms with Crippen molar-refractivity contribution in [3.05, 3.63) is 47.8 Å². The lowest BCUT2D eigenvalue weighted by Crippen LogP contribution is -2.16. The number of fused-ring (bicyclic) bond motifs is 3. The van der Waals surface area contributed by atoms with Crippen LogP contribution in [-0.2, 0) is 0 Å². The van der Waals surface area contributed by atoms with Crippen LogP contribution in [0.4, 0.5) is 0 Å². The molecule has 3 aromatic rings. The molecule has 0 aliphatic carbocycles. The monoisotopic (exact) mass is 372 g/mol. The normalized spacial score (nSPS) is 11.6. The van der Waals surface area contributed by atoms with Gasteiger partial charge in [0.05, 0.1) is 11.0 Å². The molecule has 0 saturated carbocycles. The molecule has 0 bridgehead atoms. The van der Waals surface area contributed by atoms with Crippen LogP contribution in [0.3, 0.4) is 0 Å². The highest BCUT2D eigenvalue weighted by molar-refractivity contribution is 6.84. The summed E-state index contributed by atoms with van der Waals surface area (Å²) in [5.41, 5.74) is 10.2. The molecule has 2 nitrogen and oxygen atoms in total. The standard InChI is InChI=1S/C22H24N2Si2/c1-25(2,3)15-13-19-11-9-17-7-8-18-10-12-20(14-16-26(4,5)6)24-22(18)21(17)23-19/h7-12H,1-6H3. The lowest BCUT2D eigenvalue weighted by Gasteiger charge is -2.06. The van der Waals surface area contributed by atoms with Crippen molar-refractivity contribution in [2.75, 3.05) is 0 Å². The highest BCUT2D eigenvalue weighted by Gasteiger charge is 2.10. The Hall–Kier alpha value is -2.41. The number of aromatic nitrogens is 2. The Balaban J connectivity index is 2.18. The van der Waals surface area contributed by atoms with Gasteiger partial charge in [-0.05, 0) is 24.3 Å². The molecular formula is C22H24N2Si2. The van der Waals surface area contributed by atoms with Crippen molar-refractivity contribution in [1.82, 2.24) is 9.97 Å². The molecule has 0 amide bonds. The van der Waals surface area contributed by atoms with E-state index in [-0.39, 0.29) is 0 Å². The van der Waals surface area contributed by atoms with Gasteiger partial charge in [-0.1, -0.05) is 63.3 Å². The van der Waals surface area contributed by atoms with E-state index in [1.165, 1.54) is 0 Å². The van der Waals surface area contributed by atoms with Crippen LogP contribution >= 0.6 is 0 Å². The SMILES string of the molecule is C[Si](C)(C)C#Cc1ccc2ccc3ccc(C#C[Si](C)(C)C)nc3c2n1. The van der Waals surface area contributed by atoms with Gasteiger partial charge in [0.1, 0.15) is 27.5 Å². The summed E-state index contributed by atoms with van der Waals surface area (Å²) in [6, 6.07) is 12.3. The second kappa shape index (κ2) is 6.72. The number of pyridine rings is 2. The molecule has 0 saturated heterocycles. The minimum Gasteiger partial charge on any atom is -0.237 e. The first-order valence-corrected chi connectivity index (χ1v) is 15.9. The first kappa shape index (κ1) is 18.4. The molecule has 130 valence electrons. The third kappa shape index (κ3) is 4.61. The molecule has 0 radical (unpaired) electrons. The lowest BCUT2D eigenvalue weighted by molar-refractivity contribution is 1.33. The first-order valence-electron chi connectivity index (χ1n) is 8.88. The predicted octanol–water partition coefficient (Wildman–Crippen LogP) is 5.24. The molecule has 2 aromatic heterocycles. The Labute approximate surface area is 158 Å². The summed E-state index contributed by atoms with van der Waals surface area (Å²) in [7, 11) is -2.86. The molecule has 0 aliphatic heterocycles. The van der Waals surface area contributed by atoms with Crippen molar-refractivity contribution >= 4 is 38.0 Å².